The summed E-state index contributed by atoms with van der Waals surface area (Å²) in [6, 6.07) is 3.17. The maximum atomic E-state index is 11.8. The molecule has 0 radical (unpaired) electrons. The Labute approximate surface area is 107 Å². The standard InChI is InChI=1S/C12H16O5S/c1-16-10-6-7-11(17-2)12(18(3,14)15)9(10)5-4-8-13/h6-8H,4-5H2,1-3H3. The molecular weight excluding hydrogens is 256 g/mol. The van der Waals surface area contributed by atoms with Gasteiger partial charge in [0, 0.05) is 18.2 Å². The molecule has 0 aliphatic rings. The lowest BCUT2D eigenvalue weighted by Gasteiger charge is -2.15. The third kappa shape index (κ3) is 3.01. The molecule has 0 saturated heterocycles. The summed E-state index contributed by atoms with van der Waals surface area (Å²) in [5, 5.41) is 0. The number of hydrogen-bond donors (Lipinski definition) is 0. The maximum absolute atomic E-state index is 11.8. The van der Waals surface area contributed by atoms with E-state index >= 15 is 0 Å². The average molecular weight is 272 g/mol. The molecule has 0 aliphatic carbocycles. The summed E-state index contributed by atoms with van der Waals surface area (Å²) in [4.78, 5) is 10.6. The minimum absolute atomic E-state index is 0.0891. The molecule has 0 N–H and O–H groups in total. The predicted molar refractivity (Wildman–Crippen MR) is 67.0 cm³/mol. The highest BCUT2D eigenvalue weighted by molar-refractivity contribution is 7.90. The van der Waals surface area contributed by atoms with E-state index in [0.717, 1.165) is 12.5 Å². The van der Waals surface area contributed by atoms with E-state index in [9.17, 15) is 13.2 Å². The van der Waals surface area contributed by atoms with Crippen LogP contribution in [0.3, 0.4) is 0 Å². The smallest absolute Gasteiger partial charge is 0.179 e. The number of hydrogen-bond acceptors (Lipinski definition) is 5. The molecule has 0 fully saturated rings. The van der Waals surface area contributed by atoms with E-state index < -0.39 is 9.84 Å². The fourth-order valence-electron chi connectivity index (χ4n) is 1.79. The first-order valence-corrected chi connectivity index (χ1v) is 7.22. The Hall–Kier alpha value is -1.56. The van der Waals surface area contributed by atoms with Crippen molar-refractivity contribution in [1.29, 1.82) is 0 Å². The molecule has 1 rings (SSSR count). The summed E-state index contributed by atoms with van der Waals surface area (Å²) in [5.74, 6) is 0.706. The summed E-state index contributed by atoms with van der Waals surface area (Å²) in [7, 11) is -0.601. The maximum Gasteiger partial charge on any atom is 0.179 e. The predicted octanol–water partition coefficient (Wildman–Crippen LogP) is 1.24. The second-order valence-corrected chi connectivity index (χ2v) is 5.71. The lowest BCUT2D eigenvalue weighted by Crippen LogP contribution is -2.07. The van der Waals surface area contributed by atoms with Gasteiger partial charge in [0.25, 0.3) is 0 Å². The molecule has 5 nitrogen and oxygen atoms in total. The van der Waals surface area contributed by atoms with Gasteiger partial charge in [-0.05, 0) is 18.6 Å². The van der Waals surface area contributed by atoms with Gasteiger partial charge in [-0.1, -0.05) is 0 Å². The number of carbonyl (C=O) groups excluding carboxylic acids is 1. The van der Waals surface area contributed by atoms with Gasteiger partial charge in [-0.15, -0.1) is 0 Å². The number of benzene rings is 1. The van der Waals surface area contributed by atoms with Gasteiger partial charge >= 0.3 is 0 Å². The van der Waals surface area contributed by atoms with Gasteiger partial charge in [-0.25, -0.2) is 8.42 Å². The number of sulfone groups is 1. The van der Waals surface area contributed by atoms with Crippen molar-refractivity contribution in [3.05, 3.63) is 17.7 Å². The summed E-state index contributed by atoms with van der Waals surface area (Å²) in [6.45, 7) is 0. The van der Waals surface area contributed by atoms with E-state index in [4.69, 9.17) is 9.47 Å². The molecule has 0 atom stereocenters. The van der Waals surface area contributed by atoms with Crippen molar-refractivity contribution in [2.45, 2.75) is 17.7 Å². The zero-order valence-corrected chi connectivity index (χ0v) is 11.4. The zero-order valence-electron chi connectivity index (χ0n) is 10.6. The highest BCUT2D eigenvalue weighted by atomic mass is 32.2. The van der Waals surface area contributed by atoms with Gasteiger partial charge in [0.2, 0.25) is 0 Å². The normalized spacial score (nSPS) is 11.1. The van der Waals surface area contributed by atoms with Crippen molar-refractivity contribution in [2.75, 3.05) is 20.5 Å². The lowest BCUT2D eigenvalue weighted by molar-refractivity contribution is -0.107. The highest BCUT2D eigenvalue weighted by Crippen LogP contribution is 2.34. The summed E-state index contributed by atoms with van der Waals surface area (Å²) < 4.78 is 33.9. The van der Waals surface area contributed by atoms with Crippen LogP contribution in [0.4, 0.5) is 0 Å². The van der Waals surface area contributed by atoms with Gasteiger partial charge in [0.05, 0.1) is 14.2 Å². The number of ether oxygens (including phenoxy) is 2. The van der Waals surface area contributed by atoms with E-state index in [1.54, 1.807) is 12.1 Å². The number of rotatable bonds is 6. The Kier molecular flexibility index (Phi) is 4.72. The van der Waals surface area contributed by atoms with Gasteiger partial charge in [0.15, 0.2) is 9.84 Å². The first-order valence-electron chi connectivity index (χ1n) is 5.33. The van der Waals surface area contributed by atoms with Crippen LogP contribution in [0.25, 0.3) is 0 Å². The largest absolute Gasteiger partial charge is 0.496 e. The van der Waals surface area contributed by atoms with E-state index in [2.05, 4.69) is 0 Å². The van der Waals surface area contributed by atoms with Crippen molar-refractivity contribution >= 4 is 16.1 Å². The number of methoxy groups -OCH3 is 2. The average Bonchev–Trinajstić information content (AvgIpc) is 2.33. The molecule has 0 heterocycles. The molecule has 0 aliphatic heterocycles. The highest BCUT2D eigenvalue weighted by Gasteiger charge is 2.22. The molecule has 0 aromatic heterocycles. The van der Waals surface area contributed by atoms with Gasteiger partial charge in [0.1, 0.15) is 22.7 Å². The van der Waals surface area contributed by atoms with Crippen LogP contribution in [-0.2, 0) is 21.1 Å². The minimum Gasteiger partial charge on any atom is -0.496 e. The quantitative estimate of drug-likeness (QED) is 0.729. The Bertz CT molecular complexity index is 534. The third-order valence-corrected chi connectivity index (χ3v) is 3.69. The van der Waals surface area contributed by atoms with Crippen molar-refractivity contribution in [3.63, 3.8) is 0 Å². The van der Waals surface area contributed by atoms with Crippen LogP contribution >= 0.6 is 0 Å². The molecule has 0 amide bonds. The van der Waals surface area contributed by atoms with Gasteiger partial charge in [-0.2, -0.15) is 0 Å². The molecule has 1 aromatic carbocycles. The molecule has 0 bridgehead atoms. The van der Waals surface area contributed by atoms with E-state index in [1.807, 2.05) is 0 Å². The van der Waals surface area contributed by atoms with Crippen molar-refractivity contribution in [2.24, 2.45) is 0 Å². The summed E-state index contributed by atoms with van der Waals surface area (Å²) >= 11 is 0. The molecule has 1 aromatic rings. The molecule has 0 unspecified atom stereocenters. The molecule has 0 saturated carbocycles. The topological polar surface area (TPSA) is 69.7 Å². The van der Waals surface area contributed by atoms with Crippen LogP contribution in [0.2, 0.25) is 0 Å². The fourth-order valence-corrected chi connectivity index (χ4v) is 2.95. The molecule has 18 heavy (non-hydrogen) atoms. The third-order valence-electron chi connectivity index (χ3n) is 2.50. The number of carbonyl (C=O) groups is 1. The fraction of sp³-hybridized carbons (Fsp3) is 0.417. The summed E-state index contributed by atoms with van der Waals surface area (Å²) in [5.41, 5.74) is 0.478. The first-order chi connectivity index (χ1) is 8.45. The second-order valence-electron chi connectivity index (χ2n) is 3.76. The van der Waals surface area contributed by atoms with Crippen molar-refractivity contribution < 1.29 is 22.7 Å². The van der Waals surface area contributed by atoms with E-state index in [0.29, 0.717) is 17.7 Å². The van der Waals surface area contributed by atoms with Crippen LogP contribution in [-0.4, -0.2) is 35.2 Å². The van der Waals surface area contributed by atoms with Crippen LogP contribution in [0, 0.1) is 0 Å². The molecule has 6 heteroatoms. The van der Waals surface area contributed by atoms with Crippen molar-refractivity contribution in [1.82, 2.24) is 0 Å². The molecule has 100 valence electrons. The van der Waals surface area contributed by atoms with Crippen LogP contribution in [0.1, 0.15) is 12.0 Å². The zero-order chi connectivity index (χ0) is 13.8. The Morgan fingerprint density at radius 3 is 2.17 bits per heavy atom. The SMILES string of the molecule is COc1ccc(OC)c(S(C)(=O)=O)c1CCC=O. The van der Waals surface area contributed by atoms with Gasteiger partial charge < -0.3 is 14.3 Å². The summed E-state index contributed by atoms with van der Waals surface area (Å²) in [6.07, 6.45) is 2.37. The second kappa shape index (κ2) is 5.86. The number of aldehydes is 1. The van der Waals surface area contributed by atoms with Crippen LogP contribution in [0.15, 0.2) is 17.0 Å². The molecular formula is C12H16O5S. The Morgan fingerprint density at radius 1 is 1.17 bits per heavy atom. The minimum atomic E-state index is -3.46. The Balaban J connectivity index is 3.53. The van der Waals surface area contributed by atoms with Crippen LogP contribution < -0.4 is 9.47 Å². The first kappa shape index (κ1) is 14.5. The van der Waals surface area contributed by atoms with E-state index in [1.165, 1.54) is 14.2 Å². The molecule has 0 spiro atoms. The van der Waals surface area contributed by atoms with Crippen molar-refractivity contribution in [3.8, 4) is 11.5 Å². The monoisotopic (exact) mass is 272 g/mol. The Morgan fingerprint density at radius 2 is 1.72 bits per heavy atom. The van der Waals surface area contributed by atoms with Crippen LogP contribution in [0.5, 0.6) is 11.5 Å². The van der Waals surface area contributed by atoms with Gasteiger partial charge in [-0.3, -0.25) is 0 Å². The van der Waals surface area contributed by atoms with E-state index in [-0.39, 0.29) is 17.1 Å². The lowest BCUT2D eigenvalue weighted by atomic mass is 10.1.